The van der Waals surface area contributed by atoms with Gasteiger partial charge in [-0.25, -0.2) is 0 Å². The zero-order valence-electron chi connectivity index (χ0n) is 11.8. The number of hydrogen-bond acceptors (Lipinski definition) is 3. The normalized spacial score (nSPS) is 21.3. The number of carbonyl (C=O) groups excluding carboxylic acids is 1. The first kappa shape index (κ1) is 13.3. The van der Waals surface area contributed by atoms with Gasteiger partial charge in [-0.3, -0.25) is 4.79 Å². The first-order chi connectivity index (χ1) is 9.61. The molecule has 3 N–H and O–H groups in total. The number of likely N-dealkylation sites (tertiary alicyclic amines) is 1. The Morgan fingerprint density at radius 2 is 1.80 bits per heavy atom. The van der Waals surface area contributed by atoms with E-state index in [9.17, 15) is 9.90 Å². The number of benzene rings is 1. The third-order valence-corrected chi connectivity index (χ3v) is 5.07. The van der Waals surface area contributed by atoms with Crippen molar-refractivity contribution in [2.45, 2.75) is 38.5 Å². The summed E-state index contributed by atoms with van der Waals surface area (Å²) in [5.74, 6) is -0.179. The summed E-state index contributed by atoms with van der Waals surface area (Å²) in [7, 11) is 0. The van der Waals surface area contributed by atoms with E-state index in [1.54, 1.807) is 18.2 Å². The lowest BCUT2D eigenvalue weighted by Gasteiger charge is -2.39. The summed E-state index contributed by atoms with van der Waals surface area (Å²) in [6, 6.07) is 4.97. The zero-order chi connectivity index (χ0) is 14.2. The van der Waals surface area contributed by atoms with E-state index in [-0.39, 0.29) is 17.3 Å². The Morgan fingerprint density at radius 1 is 1.15 bits per heavy atom. The summed E-state index contributed by atoms with van der Waals surface area (Å²) in [6.45, 7) is 1.60. The maximum Gasteiger partial charge on any atom is 0.257 e. The van der Waals surface area contributed by atoms with Gasteiger partial charge in [0.2, 0.25) is 0 Å². The molecule has 0 unspecified atom stereocenters. The molecule has 1 aromatic rings. The Labute approximate surface area is 119 Å². The van der Waals surface area contributed by atoms with E-state index < -0.39 is 0 Å². The molecule has 1 aliphatic carbocycles. The molecule has 1 heterocycles. The van der Waals surface area contributed by atoms with Crippen LogP contribution in [0.1, 0.15) is 48.9 Å². The molecular formula is C16H22N2O2. The van der Waals surface area contributed by atoms with E-state index in [0.717, 1.165) is 25.9 Å². The summed E-state index contributed by atoms with van der Waals surface area (Å²) in [6.07, 6.45) is 7.51. The maximum absolute atomic E-state index is 12.5. The van der Waals surface area contributed by atoms with Crippen molar-refractivity contribution in [1.29, 1.82) is 0 Å². The van der Waals surface area contributed by atoms with Gasteiger partial charge in [-0.05, 0) is 43.2 Å². The predicted molar refractivity (Wildman–Crippen MR) is 78.6 cm³/mol. The number of amides is 1. The molecule has 20 heavy (non-hydrogen) atoms. The highest BCUT2D eigenvalue weighted by Crippen LogP contribution is 2.46. The van der Waals surface area contributed by atoms with Crippen LogP contribution in [-0.4, -0.2) is 29.0 Å². The number of piperidine rings is 1. The molecule has 0 radical (unpaired) electrons. The molecule has 3 rings (SSSR count). The van der Waals surface area contributed by atoms with E-state index in [2.05, 4.69) is 0 Å². The molecule has 2 aliphatic rings. The molecular weight excluding hydrogens is 252 g/mol. The van der Waals surface area contributed by atoms with Crippen molar-refractivity contribution in [2.75, 3.05) is 18.8 Å². The van der Waals surface area contributed by atoms with Crippen LogP contribution in [0.3, 0.4) is 0 Å². The molecule has 4 nitrogen and oxygen atoms in total. The lowest BCUT2D eigenvalue weighted by Crippen LogP contribution is -2.42. The van der Waals surface area contributed by atoms with Crippen LogP contribution >= 0.6 is 0 Å². The number of nitrogens with two attached hydrogens (primary N) is 1. The van der Waals surface area contributed by atoms with Crippen molar-refractivity contribution in [2.24, 2.45) is 5.41 Å². The average molecular weight is 274 g/mol. The Bertz CT molecular complexity index is 511. The first-order valence-corrected chi connectivity index (χ1v) is 7.48. The van der Waals surface area contributed by atoms with Crippen molar-refractivity contribution < 1.29 is 9.90 Å². The number of rotatable bonds is 1. The molecule has 1 spiro atoms. The molecule has 1 aromatic carbocycles. The Morgan fingerprint density at radius 3 is 2.45 bits per heavy atom. The summed E-state index contributed by atoms with van der Waals surface area (Å²) < 4.78 is 0. The third kappa shape index (κ3) is 2.23. The van der Waals surface area contributed by atoms with E-state index in [1.165, 1.54) is 25.7 Å². The fraction of sp³-hybridized carbons (Fsp3) is 0.562. The van der Waals surface area contributed by atoms with E-state index in [4.69, 9.17) is 5.73 Å². The summed E-state index contributed by atoms with van der Waals surface area (Å²) in [5.41, 5.74) is 6.75. The van der Waals surface area contributed by atoms with Crippen LogP contribution in [0.2, 0.25) is 0 Å². The standard InChI is InChI=1S/C16H22N2O2/c17-13-5-3-4-12(14(13)19)15(20)18-10-8-16(9-11-18)6-1-2-7-16/h3-5,19H,1-2,6-11,17H2. The first-order valence-electron chi connectivity index (χ1n) is 7.48. The molecule has 2 fully saturated rings. The maximum atomic E-state index is 12.5. The van der Waals surface area contributed by atoms with Crippen LogP contribution in [0, 0.1) is 5.41 Å². The van der Waals surface area contributed by atoms with Crippen LogP contribution in [0.5, 0.6) is 5.75 Å². The van der Waals surface area contributed by atoms with Gasteiger partial charge >= 0.3 is 0 Å². The SMILES string of the molecule is Nc1cccc(C(=O)N2CCC3(CCCC3)CC2)c1O. The molecule has 1 saturated heterocycles. The van der Waals surface area contributed by atoms with Crippen LogP contribution in [0.15, 0.2) is 18.2 Å². The number of phenolic OH excluding ortho intramolecular Hbond substituents is 1. The Hall–Kier alpha value is -1.71. The fourth-order valence-electron chi connectivity index (χ4n) is 3.71. The number of phenols is 1. The third-order valence-electron chi connectivity index (χ3n) is 5.07. The lowest BCUT2D eigenvalue weighted by atomic mass is 9.77. The van der Waals surface area contributed by atoms with Crippen molar-refractivity contribution >= 4 is 11.6 Å². The second-order valence-corrected chi connectivity index (χ2v) is 6.24. The van der Waals surface area contributed by atoms with Crippen molar-refractivity contribution in [1.82, 2.24) is 4.90 Å². The largest absolute Gasteiger partial charge is 0.505 e. The Balaban J connectivity index is 1.71. The summed E-state index contributed by atoms with van der Waals surface area (Å²) in [5, 5.41) is 9.93. The number of para-hydroxylation sites is 1. The van der Waals surface area contributed by atoms with Crippen LogP contribution in [0.4, 0.5) is 5.69 Å². The predicted octanol–water partition coefficient (Wildman–Crippen LogP) is 2.77. The molecule has 1 aliphatic heterocycles. The number of aromatic hydroxyl groups is 1. The van der Waals surface area contributed by atoms with Gasteiger partial charge in [0.1, 0.15) is 0 Å². The number of hydrogen-bond donors (Lipinski definition) is 2. The smallest absolute Gasteiger partial charge is 0.257 e. The van der Waals surface area contributed by atoms with Crippen LogP contribution in [-0.2, 0) is 0 Å². The highest BCUT2D eigenvalue weighted by Gasteiger charge is 2.38. The van der Waals surface area contributed by atoms with Gasteiger partial charge in [-0.15, -0.1) is 0 Å². The number of anilines is 1. The zero-order valence-corrected chi connectivity index (χ0v) is 11.8. The van der Waals surface area contributed by atoms with E-state index >= 15 is 0 Å². The van der Waals surface area contributed by atoms with Gasteiger partial charge in [0, 0.05) is 13.1 Å². The van der Waals surface area contributed by atoms with Gasteiger partial charge in [0.05, 0.1) is 11.3 Å². The Kier molecular flexibility index (Phi) is 3.32. The molecule has 0 aromatic heterocycles. The monoisotopic (exact) mass is 274 g/mol. The van der Waals surface area contributed by atoms with Crippen molar-refractivity contribution in [3.05, 3.63) is 23.8 Å². The van der Waals surface area contributed by atoms with Crippen molar-refractivity contribution in [3.8, 4) is 5.75 Å². The number of nitrogens with zero attached hydrogens (tertiary/aromatic N) is 1. The van der Waals surface area contributed by atoms with Gasteiger partial charge in [-0.2, -0.15) is 0 Å². The van der Waals surface area contributed by atoms with Gasteiger partial charge in [0.15, 0.2) is 5.75 Å². The second-order valence-electron chi connectivity index (χ2n) is 6.24. The lowest BCUT2D eigenvalue weighted by molar-refractivity contribution is 0.0585. The molecule has 108 valence electrons. The van der Waals surface area contributed by atoms with Gasteiger partial charge in [0.25, 0.3) is 5.91 Å². The highest BCUT2D eigenvalue weighted by molar-refractivity contribution is 5.98. The fourth-order valence-corrected chi connectivity index (χ4v) is 3.71. The average Bonchev–Trinajstić information content (AvgIpc) is 2.90. The molecule has 1 amide bonds. The van der Waals surface area contributed by atoms with E-state index in [0.29, 0.717) is 11.0 Å². The number of nitrogen functional groups attached to an aromatic ring is 1. The van der Waals surface area contributed by atoms with E-state index in [1.807, 2.05) is 4.90 Å². The van der Waals surface area contributed by atoms with Gasteiger partial charge in [-0.1, -0.05) is 18.9 Å². The number of carbonyl (C=O) groups is 1. The quantitative estimate of drug-likeness (QED) is 0.611. The molecule has 0 bridgehead atoms. The minimum absolute atomic E-state index is 0.0846. The topological polar surface area (TPSA) is 66.6 Å². The summed E-state index contributed by atoms with van der Waals surface area (Å²) in [4.78, 5) is 14.3. The van der Waals surface area contributed by atoms with Gasteiger partial charge < -0.3 is 15.7 Å². The summed E-state index contributed by atoms with van der Waals surface area (Å²) >= 11 is 0. The minimum Gasteiger partial charge on any atom is -0.505 e. The second kappa shape index (κ2) is 5.00. The minimum atomic E-state index is -0.0948. The molecule has 0 atom stereocenters. The molecule has 1 saturated carbocycles. The van der Waals surface area contributed by atoms with Crippen LogP contribution in [0.25, 0.3) is 0 Å². The van der Waals surface area contributed by atoms with Crippen LogP contribution < -0.4 is 5.73 Å². The van der Waals surface area contributed by atoms with Crippen molar-refractivity contribution in [3.63, 3.8) is 0 Å². The molecule has 4 heteroatoms. The highest BCUT2D eigenvalue weighted by atomic mass is 16.3.